The van der Waals surface area contributed by atoms with Gasteiger partial charge in [-0.15, -0.1) is 0 Å². The van der Waals surface area contributed by atoms with Crippen molar-refractivity contribution in [2.45, 2.75) is 31.6 Å². The third-order valence-corrected chi connectivity index (χ3v) is 7.54. The molecule has 0 fully saturated rings. The Kier molecular flexibility index (Phi) is 5.00. The zero-order valence-corrected chi connectivity index (χ0v) is 20.6. The van der Waals surface area contributed by atoms with Gasteiger partial charge in [-0.05, 0) is 55.5 Å². The van der Waals surface area contributed by atoms with E-state index in [-0.39, 0.29) is 10.8 Å². The second kappa shape index (κ2) is 8.10. The Bertz CT molecular complexity index is 1440. The molecular formula is C35H30. The Balaban J connectivity index is 1.72. The van der Waals surface area contributed by atoms with E-state index in [0.29, 0.717) is 0 Å². The van der Waals surface area contributed by atoms with Crippen LogP contribution >= 0.6 is 0 Å². The Morgan fingerprint density at radius 3 is 1.57 bits per heavy atom. The van der Waals surface area contributed by atoms with Gasteiger partial charge in [0, 0.05) is 0 Å². The lowest BCUT2D eigenvalue weighted by Gasteiger charge is -2.35. The summed E-state index contributed by atoms with van der Waals surface area (Å²) in [6.07, 6.45) is 0. The molecule has 35 heavy (non-hydrogen) atoms. The molecule has 0 aromatic heterocycles. The van der Waals surface area contributed by atoms with Crippen LogP contribution in [0.1, 0.15) is 48.6 Å². The first-order valence-corrected chi connectivity index (χ1v) is 12.5. The summed E-state index contributed by atoms with van der Waals surface area (Å²) in [6.45, 7) is 6.82. The fourth-order valence-electron chi connectivity index (χ4n) is 5.89. The van der Waals surface area contributed by atoms with Crippen LogP contribution in [0.15, 0.2) is 127 Å². The third kappa shape index (κ3) is 3.28. The van der Waals surface area contributed by atoms with Crippen LogP contribution in [-0.2, 0) is 10.8 Å². The van der Waals surface area contributed by atoms with E-state index in [0.717, 1.165) is 0 Å². The van der Waals surface area contributed by atoms with Gasteiger partial charge in [-0.25, -0.2) is 0 Å². The predicted octanol–water partition coefficient (Wildman–Crippen LogP) is 9.01. The van der Waals surface area contributed by atoms with E-state index in [1.807, 2.05) is 0 Å². The molecule has 5 aromatic rings. The van der Waals surface area contributed by atoms with Gasteiger partial charge in [0.2, 0.25) is 0 Å². The molecule has 0 bridgehead atoms. The summed E-state index contributed by atoms with van der Waals surface area (Å²) in [7, 11) is 0. The average molecular weight is 451 g/mol. The van der Waals surface area contributed by atoms with Gasteiger partial charge < -0.3 is 0 Å². The molecule has 6 rings (SSSR count). The van der Waals surface area contributed by atoms with Crippen LogP contribution in [0, 0.1) is 0 Å². The molecule has 0 atom stereocenters. The zero-order valence-electron chi connectivity index (χ0n) is 20.6. The Labute approximate surface area is 208 Å². The fourth-order valence-corrected chi connectivity index (χ4v) is 5.89. The van der Waals surface area contributed by atoms with Crippen molar-refractivity contribution >= 4 is 0 Å². The van der Waals surface area contributed by atoms with Crippen molar-refractivity contribution in [3.8, 4) is 22.3 Å². The van der Waals surface area contributed by atoms with Crippen LogP contribution in [0.4, 0.5) is 0 Å². The van der Waals surface area contributed by atoms with E-state index in [9.17, 15) is 0 Å². The molecule has 0 N–H and O–H groups in total. The Morgan fingerprint density at radius 2 is 0.971 bits per heavy atom. The molecule has 0 unspecified atom stereocenters. The van der Waals surface area contributed by atoms with Crippen molar-refractivity contribution in [3.63, 3.8) is 0 Å². The first-order valence-electron chi connectivity index (χ1n) is 12.5. The van der Waals surface area contributed by atoms with E-state index in [1.54, 1.807) is 0 Å². The van der Waals surface area contributed by atoms with Crippen LogP contribution in [0.25, 0.3) is 22.3 Å². The highest BCUT2D eigenvalue weighted by molar-refractivity contribution is 5.92. The molecule has 0 aliphatic heterocycles. The number of fused-ring (bicyclic) bond motifs is 3. The average Bonchev–Trinajstić information content (AvgIpc) is 3.21. The standard InChI is InChI=1S/C35H30/c1-34(2,3)26-23-21-25(22-24-26)29-18-12-19-31-30-17-10-11-20-32(30)35(33(29)31,27-13-6-4-7-14-27)28-15-8-5-9-16-28/h4-24H,1-3H3. The molecule has 0 amide bonds. The maximum absolute atomic E-state index is 2.32. The molecule has 1 aliphatic carbocycles. The zero-order chi connectivity index (χ0) is 24.0. The van der Waals surface area contributed by atoms with Gasteiger partial charge >= 0.3 is 0 Å². The molecule has 0 nitrogen and oxygen atoms in total. The molecular weight excluding hydrogens is 420 g/mol. The summed E-state index contributed by atoms with van der Waals surface area (Å²) in [6, 6.07) is 47.0. The minimum atomic E-state index is -0.381. The molecule has 0 saturated heterocycles. The minimum Gasteiger partial charge on any atom is -0.0622 e. The largest absolute Gasteiger partial charge is 0.0719 e. The monoisotopic (exact) mass is 450 g/mol. The number of hydrogen-bond donors (Lipinski definition) is 0. The van der Waals surface area contributed by atoms with Gasteiger partial charge in [-0.3, -0.25) is 0 Å². The molecule has 0 heteroatoms. The lowest BCUT2D eigenvalue weighted by atomic mass is 9.66. The highest BCUT2D eigenvalue weighted by Crippen LogP contribution is 2.58. The van der Waals surface area contributed by atoms with Gasteiger partial charge in [0.25, 0.3) is 0 Å². The first kappa shape index (κ1) is 21.6. The number of benzene rings is 5. The van der Waals surface area contributed by atoms with E-state index in [1.165, 1.54) is 50.1 Å². The molecule has 0 heterocycles. The lowest BCUT2D eigenvalue weighted by Crippen LogP contribution is -2.29. The topological polar surface area (TPSA) is 0 Å². The van der Waals surface area contributed by atoms with Gasteiger partial charge in [-0.2, -0.15) is 0 Å². The van der Waals surface area contributed by atoms with Crippen molar-refractivity contribution in [3.05, 3.63) is 155 Å². The highest BCUT2D eigenvalue weighted by Gasteiger charge is 2.47. The normalized spacial score (nSPS) is 13.8. The SMILES string of the molecule is CC(C)(C)c1ccc(-c2cccc3c2C(c2ccccc2)(c2ccccc2)c2ccccc2-3)cc1. The summed E-state index contributed by atoms with van der Waals surface area (Å²) in [5, 5.41) is 0. The molecule has 1 aliphatic rings. The summed E-state index contributed by atoms with van der Waals surface area (Å²) in [5.74, 6) is 0. The van der Waals surface area contributed by atoms with E-state index < -0.39 is 0 Å². The number of hydrogen-bond acceptors (Lipinski definition) is 0. The maximum Gasteiger partial charge on any atom is 0.0719 e. The Hall–Kier alpha value is -3.90. The molecule has 0 saturated carbocycles. The van der Waals surface area contributed by atoms with Gasteiger partial charge in [0.15, 0.2) is 0 Å². The Morgan fingerprint density at radius 1 is 0.457 bits per heavy atom. The highest BCUT2D eigenvalue weighted by atomic mass is 14.5. The summed E-state index contributed by atoms with van der Waals surface area (Å²) >= 11 is 0. The van der Waals surface area contributed by atoms with Gasteiger partial charge in [0.1, 0.15) is 0 Å². The van der Waals surface area contributed by atoms with Crippen molar-refractivity contribution in [2.75, 3.05) is 0 Å². The summed E-state index contributed by atoms with van der Waals surface area (Å²) < 4.78 is 0. The molecule has 5 aromatic carbocycles. The smallest absolute Gasteiger partial charge is 0.0622 e. The van der Waals surface area contributed by atoms with Crippen molar-refractivity contribution < 1.29 is 0 Å². The van der Waals surface area contributed by atoms with Gasteiger partial charge in [0.05, 0.1) is 5.41 Å². The van der Waals surface area contributed by atoms with Crippen LogP contribution in [-0.4, -0.2) is 0 Å². The second-order valence-corrected chi connectivity index (χ2v) is 10.6. The molecule has 0 radical (unpaired) electrons. The van der Waals surface area contributed by atoms with Crippen LogP contribution in [0.3, 0.4) is 0 Å². The van der Waals surface area contributed by atoms with Crippen LogP contribution < -0.4 is 0 Å². The van der Waals surface area contributed by atoms with E-state index in [2.05, 4.69) is 148 Å². The molecule has 0 spiro atoms. The van der Waals surface area contributed by atoms with Crippen molar-refractivity contribution in [1.29, 1.82) is 0 Å². The lowest BCUT2D eigenvalue weighted by molar-refractivity contribution is 0.590. The second-order valence-electron chi connectivity index (χ2n) is 10.6. The fraction of sp³-hybridized carbons (Fsp3) is 0.143. The predicted molar refractivity (Wildman–Crippen MR) is 148 cm³/mol. The summed E-state index contributed by atoms with van der Waals surface area (Å²) in [5.41, 5.74) is 11.6. The van der Waals surface area contributed by atoms with E-state index in [4.69, 9.17) is 0 Å². The van der Waals surface area contributed by atoms with Crippen molar-refractivity contribution in [1.82, 2.24) is 0 Å². The first-order chi connectivity index (χ1) is 17.0. The molecule has 170 valence electrons. The summed E-state index contributed by atoms with van der Waals surface area (Å²) in [4.78, 5) is 0. The van der Waals surface area contributed by atoms with Gasteiger partial charge in [-0.1, -0.05) is 148 Å². The van der Waals surface area contributed by atoms with E-state index >= 15 is 0 Å². The number of rotatable bonds is 3. The quantitative estimate of drug-likeness (QED) is 0.252. The maximum atomic E-state index is 2.32. The van der Waals surface area contributed by atoms with Crippen molar-refractivity contribution in [2.24, 2.45) is 0 Å². The van der Waals surface area contributed by atoms with Crippen LogP contribution in [0.2, 0.25) is 0 Å². The van der Waals surface area contributed by atoms with Crippen LogP contribution in [0.5, 0.6) is 0 Å². The minimum absolute atomic E-state index is 0.130. The third-order valence-electron chi connectivity index (χ3n) is 7.54.